The second-order valence-electron chi connectivity index (χ2n) is 4.02. The van der Waals surface area contributed by atoms with Gasteiger partial charge < -0.3 is 0 Å². The fraction of sp³-hybridized carbons (Fsp3) is 0.0769. The highest BCUT2D eigenvalue weighted by atomic mass is 19.1. The SMILES string of the molecule is Fc1cncc(Cn2nnc(-c3ccccc3)n2)c1. The molecular weight excluding hydrogens is 245 g/mol. The molecule has 0 saturated heterocycles. The highest BCUT2D eigenvalue weighted by molar-refractivity contribution is 5.52. The average Bonchev–Trinajstić information content (AvgIpc) is 2.88. The Morgan fingerprint density at radius 1 is 1.11 bits per heavy atom. The van der Waals surface area contributed by atoms with Gasteiger partial charge in [-0.05, 0) is 16.8 Å². The van der Waals surface area contributed by atoms with Gasteiger partial charge in [0.15, 0.2) is 0 Å². The van der Waals surface area contributed by atoms with E-state index in [1.807, 2.05) is 30.3 Å². The van der Waals surface area contributed by atoms with E-state index in [9.17, 15) is 4.39 Å². The van der Waals surface area contributed by atoms with Gasteiger partial charge in [-0.2, -0.15) is 4.80 Å². The molecule has 0 amide bonds. The Labute approximate surface area is 108 Å². The molecule has 0 N–H and O–H groups in total. The summed E-state index contributed by atoms with van der Waals surface area (Å²) < 4.78 is 13.0. The predicted molar refractivity (Wildman–Crippen MR) is 66.6 cm³/mol. The fourth-order valence-corrected chi connectivity index (χ4v) is 1.72. The molecule has 0 fully saturated rings. The number of rotatable bonds is 3. The molecule has 0 unspecified atom stereocenters. The number of hydrogen-bond acceptors (Lipinski definition) is 4. The van der Waals surface area contributed by atoms with Crippen LogP contribution in [0.3, 0.4) is 0 Å². The number of hydrogen-bond donors (Lipinski definition) is 0. The minimum absolute atomic E-state index is 0.338. The van der Waals surface area contributed by atoms with Crippen molar-refractivity contribution in [1.29, 1.82) is 0 Å². The minimum Gasteiger partial charge on any atom is -0.261 e. The molecule has 2 heterocycles. The molecule has 3 rings (SSSR count). The lowest BCUT2D eigenvalue weighted by molar-refractivity contribution is 0.564. The van der Waals surface area contributed by atoms with Gasteiger partial charge in [0.2, 0.25) is 5.82 Å². The van der Waals surface area contributed by atoms with Crippen LogP contribution in [0.5, 0.6) is 0 Å². The first-order valence-corrected chi connectivity index (χ1v) is 5.74. The second-order valence-corrected chi connectivity index (χ2v) is 4.02. The maximum absolute atomic E-state index is 13.0. The van der Waals surface area contributed by atoms with Crippen molar-refractivity contribution in [1.82, 2.24) is 25.2 Å². The van der Waals surface area contributed by atoms with E-state index < -0.39 is 0 Å². The monoisotopic (exact) mass is 255 g/mol. The molecule has 6 heteroatoms. The molecule has 2 aromatic heterocycles. The molecule has 1 aromatic carbocycles. The lowest BCUT2D eigenvalue weighted by atomic mass is 10.2. The number of benzene rings is 1. The van der Waals surface area contributed by atoms with E-state index in [0.29, 0.717) is 17.9 Å². The van der Waals surface area contributed by atoms with Gasteiger partial charge in [0.25, 0.3) is 0 Å². The molecule has 0 spiro atoms. The molecule has 0 atom stereocenters. The van der Waals surface area contributed by atoms with Gasteiger partial charge in [0, 0.05) is 11.8 Å². The van der Waals surface area contributed by atoms with E-state index in [4.69, 9.17) is 0 Å². The zero-order valence-electron chi connectivity index (χ0n) is 9.94. The quantitative estimate of drug-likeness (QED) is 0.717. The Morgan fingerprint density at radius 3 is 2.74 bits per heavy atom. The Kier molecular flexibility index (Phi) is 2.97. The van der Waals surface area contributed by atoms with Crippen LogP contribution >= 0.6 is 0 Å². The van der Waals surface area contributed by atoms with Crippen molar-refractivity contribution < 1.29 is 4.39 Å². The van der Waals surface area contributed by atoms with Crippen molar-refractivity contribution in [2.45, 2.75) is 6.54 Å². The fourth-order valence-electron chi connectivity index (χ4n) is 1.72. The topological polar surface area (TPSA) is 56.5 Å². The van der Waals surface area contributed by atoms with Gasteiger partial charge in [-0.15, -0.1) is 10.2 Å². The maximum Gasteiger partial charge on any atom is 0.204 e. The van der Waals surface area contributed by atoms with Crippen molar-refractivity contribution in [3.05, 3.63) is 60.2 Å². The Bertz CT molecular complexity index is 680. The highest BCUT2D eigenvalue weighted by Crippen LogP contribution is 2.12. The molecular formula is C13H10FN5. The van der Waals surface area contributed by atoms with E-state index in [2.05, 4.69) is 20.4 Å². The summed E-state index contributed by atoms with van der Waals surface area (Å²) >= 11 is 0. The molecule has 0 aliphatic rings. The van der Waals surface area contributed by atoms with E-state index in [-0.39, 0.29) is 5.82 Å². The molecule has 0 aliphatic heterocycles. The second kappa shape index (κ2) is 4.93. The molecule has 0 aliphatic carbocycles. The molecule has 0 radical (unpaired) electrons. The third kappa shape index (κ3) is 2.62. The Hall–Kier alpha value is -2.63. The number of tetrazole rings is 1. The van der Waals surface area contributed by atoms with Crippen LogP contribution in [-0.2, 0) is 6.54 Å². The van der Waals surface area contributed by atoms with Crippen LogP contribution in [0.4, 0.5) is 4.39 Å². The van der Waals surface area contributed by atoms with E-state index in [1.165, 1.54) is 10.9 Å². The molecule has 3 aromatic rings. The van der Waals surface area contributed by atoms with Crippen LogP contribution in [-0.4, -0.2) is 25.2 Å². The normalized spacial score (nSPS) is 10.6. The Morgan fingerprint density at radius 2 is 1.95 bits per heavy atom. The van der Waals surface area contributed by atoms with E-state index >= 15 is 0 Å². The summed E-state index contributed by atoms with van der Waals surface area (Å²) in [6, 6.07) is 11.0. The number of nitrogens with zero attached hydrogens (tertiary/aromatic N) is 5. The molecule has 5 nitrogen and oxygen atoms in total. The molecule has 0 bridgehead atoms. The lowest BCUT2D eigenvalue weighted by Crippen LogP contribution is -2.04. The largest absolute Gasteiger partial charge is 0.261 e. The minimum atomic E-state index is -0.374. The molecule has 19 heavy (non-hydrogen) atoms. The summed E-state index contributed by atoms with van der Waals surface area (Å²) in [5.41, 5.74) is 1.59. The first kappa shape index (κ1) is 11.5. The molecule has 94 valence electrons. The predicted octanol–water partition coefficient (Wildman–Crippen LogP) is 1.92. The third-order valence-electron chi connectivity index (χ3n) is 2.57. The lowest BCUT2D eigenvalue weighted by Gasteiger charge is -1.98. The van der Waals surface area contributed by atoms with Crippen LogP contribution in [0.25, 0.3) is 11.4 Å². The zero-order chi connectivity index (χ0) is 13.1. The van der Waals surface area contributed by atoms with Crippen LogP contribution in [0, 0.1) is 5.82 Å². The van der Waals surface area contributed by atoms with E-state index in [0.717, 1.165) is 11.8 Å². The van der Waals surface area contributed by atoms with Crippen LogP contribution in [0.2, 0.25) is 0 Å². The van der Waals surface area contributed by atoms with Crippen LogP contribution in [0.15, 0.2) is 48.8 Å². The van der Waals surface area contributed by atoms with Gasteiger partial charge in [0.1, 0.15) is 5.82 Å². The van der Waals surface area contributed by atoms with Gasteiger partial charge >= 0.3 is 0 Å². The van der Waals surface area contributed by atoms with Gasteiger partial charge in [-0.1, -0.05) is 30.3 Å². The van der Waals surface area contributed by atoms with Crippen LogP contribution < -0.4 is 0 Å². The first-order chi connectivity index (χ1) is 9.31. The summed E-state index contributed by atoms with van der Waals surface area (Å²) in [6.07, 6.45) is 2.74. The van der Waals surface area contributed by atoms with Crippen molar-refractivity contribution >= 4 is 0 Å². The molecule has 0 saturated carbocycles. The standard InChI is InChI=1S/C13H10FN5/c14-12-6-10(7-15-8-12)9-19-17-13(16-18-19)11-4-2-1-3-5-11/h1-8H,9H2. The maximum atomic E-state index is 13.0. The summed E-state index contributed by atoms with van der Waals surface area (Å²) in [5.74, 6) is 0.172. The summed E-state index contributed by atoms with van der Waals surface area (Å²) in [7, 11) is 0. The van der Waals surface area contributed by atoms with Crippen molar-refractivity contribution in [3.63, 3.8) is 0 Å². The number of halogens is 1. The Balaban J connectivity index is 1.82. The zero-order valence-corrected chi connectivity index (χ0v) is 9.94. The van der Waals surface area contributed by atoms with Gasteiger partial charge in [-0.3, -0.25) is 4.98 Å². The summed E-state index contributed by atoms with van der Waals surface area (Å²) in [4.78, 5) is 5.20. The van der Waals surface area contributed by atoms with Gasteiger partial charge in [0.05, 0.1) is 12.7 Å². The van der Waals surface area contributed by atoms with E-state index in [1.54, 1.807) is 6.20 Å². The van der Waals surface area contributed by atoms with Crippen LogP contribution in [0.1, 0.15) is 5.56 Å². The highest BCUT2D eigenvalue weighted by Gasteiger charge is 2.06. The average molecular weight is 255 g/mol. The smallest absolute Gasteiger partial charge is 0.204 e. The summed E-state index contributed by atoms with van der Waals surface area (Å²) in [5, 5.41) is 12.2. The third-order valence-corrected chi connectivity index (χ3v) is 2.57. The van der Waals surface area contributed by atoms with Crippen molar-refractivity contribution in [3.8, 4) is 11.4 Å². The van der Waals surface area contributed by atoms with Crippen molar-refractivity contribution in [2.24, 2.45) is 0 Å². The first-order valence-electron chi connectivity index (χ1n) is 5.74. The summed E-state index contributed by atoms with van der Waals surface area (Å²) in [6.45, 7) is 0.338. The number of pyridine rings is 1. The van der Waals surface area contributed by atoms with Crippen molar-refractivity contribution in [2.75, 3.05) is 0 Å². The number of aromatic nitrogens is 5. The van der Waals surface area contributed by atoms with Gasteiger partial charge in [-0.25, -0.2) is 4.39 Å².